The third-order valence-electron chi connectivity index (χ3n) is 3.05. The first-order valence-corrected chi connectivity index (χ1v) is 5.61. The maximum atomic E-state index is 9.14. The molecule has 0 atom stereocenters. The minimum atomic E-state index is 0.403. The average Bonchev–Trinajstić information content (AvgIpc) is 2.72. The van der Waals surface area contributed by atoms with Crippen LogP contribution in [0.15, 0.2) is 18.3 Å². The van der Waals surface area contributed by atoms with Gasteiger partial charge in [0.25, 0.3) is 0 Å². The standard InChI is InChI=1S/C14H15N3O/c1-8-5-13(18-3)9(2)4-10(8)12-7-17-14(16)11(12)6-15/h4-5,7,17H,16H2,1-3H3. The van der Waals surface area contributed by atoms with Gasteiger partial charge in [0.2, 0.25) is 0 Å². The van der Waals surface area contributed by atoms with E-state index in [1.54, 1.807) is 13.3 Å². The van der Waals surface area contributed by atoms with Crippen molar-refractivity contribution in [3.63, 3.8) is 0 Å². The van der Waals surface area contributed by atoms with E-state index in [-0.39, 0.29) is 0 Å². The molecule has 0 amide bonds. The van der Waals surface area contributed by atoms with Crippen molar-refractivity contribution in [2.75, 3.05) is 12.8 Å². The zero-order valence-electron chi connectivity index (χ0n) is 10.7. The van der Waals surface area contributed by atoms with Crippen LogP contribution >= 0.6 is 0 Å². The summed E-state index contributed by atoms with van der Waals surface area (Å²) in [5.74, 6) is 1.25. The summed E-state index contributed by atoms with van der Waals surface area (Å²) in [5.41, 5.74) is 10.1. The first kappa shape index (κ1) is 12.1. The normalized spacial score (nSPS) is 10.1. The zero-order valence-corrected chi connectivity index (χ0v) is 10.7. The van der Waals surface area contributed by atoms with Gasteiger partial charge in [-0.15, -0.1) is 0 Å². The number of nitrogens with two attached hydrogens (primary N) is 1. The van der Waals surface area contributed by atoms with Crippen LogP contribution in [0.25, 0.3) is 11.1 Å². The van der Waals surface area contributed by atoms with E-state index in [4.69, 9.17) is 15.7 Å². The molecule has 0 fully saturated rings. The lowest BCUT2D eigenvalue weighted by molar-refractivity contribution is 0.411. The van der Waals surface area contributed by atoms with Crippen molar-refractivity contribution < 1.29 is 4.74 Å². The third-order valence-corrected chi connectivity index (χ3v) is 3.05. The number of anilines is 1. The highest BCUT2D eigenvalue weighted by Crippen LogP contribution is 2.33. The van der Waals surface area contributed by atoms with Crippen LogP contribution in [-0.4, -0.2) is 12.1 Å². The number of nitrogens with one attached hydrogen (secondary N) is 1. The van der Waals surface area contributed by atoms with E-state index in [1.165, 1.54) is 0 Å². The quantitative estimate of drug-likeness (QED) is 0.848. The molecule has 0 spiro atoms. The Morgan fingerprint density at radius 1 is 1.22 bits per heavy atom. The number of nitrogens with zero attached hydrogens (tertiary/aromatic N) is 1. The number of methoxy groups -OCH3 is 1. The topological polar surface area (TPSA) is 74.8 Å². The molecule has 1 heterocycles. The van der Waals surface area contributed by atoms with Crippen LogP contribution in [0.5, 0.6) is 5.75 Å². The van der Waals surface area contributed by atoms with Crippen molar-refractivity contribution in [1.82, 2.24) is 4.98 Å². The molecule has 0 bridgehead atoms. The smallest absolute Gasteiger partial charge is 0.122 e. The van der Waals surface area contributed by atoms with Crippen molar-refractivity contribution in [2.24, 2.45) is 0 Å². The summed E-state index contributed by atoms with van der Waals surface area (Å²) in [4.78, 5) is 2.89. The van der Waals surface area contributed by atoms with E-state index in [2.05, 4.69) is 11.1 Å². The molecule has 1 aromatic carbocycles. The minimum absolute atomic E-state index is 0.403. The monoisotopic (exact) mass is 241 g/mol. The molecule has 92 valence electrons. The number of ether oxygens (including phenoxy) is 1. The Balaban J connectivity index is 2.65. The lowest BCUT2D eigenvalue weighted by Crippen LogP contribution is -1.92. The molecule has 2 aromatic rings. The summed E-state index contributed by atoms with van der Waals surface area (Å²) in [7, 11) is 1.65. The molecule has 0 aliphatic carbocycles. The SMILES string of the molecule is COc1cc(C)c(-c2c[nH]c(N)c2C#N)cc1C. The van der Waals surface area contributed by atoms with Crippen LogP contribution in [0.3, 0.4) is 0 Å². The predicted molar refractivity (Wildman–Crippen MR) is 71.4 cm³/mol. The van der Waals surface area contributed by atoms with Crippen LogP contribution in [0.4, 0.5) is 5.82 Å². The predicted octanol–water partition coefficient (Wildman–Crippen LogP) is 2.76. The van der Waals surface area contributed by atoms with Gasteiger partial charge in [-0.25, -0.2) is 0 Å². The van der Waals surface area contributed by atoms with Crippen molar-refractivity contribution >= 4 is 5.82 Å². The molecule has 3 N–H and O–H groups in total. The Morgan fingerprint density at radius 2 is 1.94 bits per heavy atom. The van der Waals surface area contributed by atoms with E-state index in [0.717, 1.165) is 28.0 Å². The van der Waals surface area contributed by atoms with Crippen molar-refractivity contribution in [3.8, 4) is 22.9 Å². The van der Waals surface area contributed by atoms with Crippen molar-refractivity contribution in [3.05, 3.63) is 35.0 Å². The second kappa shape index (κ2) is 4.46. The molecule has 4 nitrogen and oxygen atoms in total. The molecule has 2 rings (SSSR count). The average molecular weight is 241 g/mol. The summed E-state index contributed by atoms with van der Waals surface area (Å²) in [6.07, 6.45) is 1.77. The molecular formula is C14H15N3O. The van der Waals surface area contributed by atoms with Gasteiger partial charge >= 0.3 is 0 Å². The van der Waals surface area contributed by atoms with Gasteiger partial charge in [-0.2, -0.15) is 5.26 Å². The number of aryl methyl sites for hydroxylation is 2. The minimum Gasteiger partial charge on any atom is -0.496 e. The summed E-state index contributed by atoms with van der Waals surface area (Å²) in [6.45, 7) is 3.96. The highest BCUT2D eigenvalue weighted by atomic mass is 16.5. The maximum Gasteiger partial charge on any atom is 0.122 e. The molecular weight excluding hydrogens is 226 g/mol. The third kappa shape index (κ3) is 1.80. The van der Waals surface area contributed by atoms with Gasteiger partial charge in [-0.3, -0.25) is 0 Å². The Morgan fingerprint density at radius 3 is 2.56 bits per heavy atom. The highest BCUT2D eigenvalue weighted by molar-refractivity contribution is 5.78. The maximum absolute atomic E-state index is 9.14. The number of nitrogen functional groups attached to an aromatic ring is 1. The van der Waals surface area contributed by atoms with Gasteiger partial charge in [0.05, 0.1) is 7.11 Å². The molecule has 0 unspecified atom stereocenters. The molecule has 0 aliphatic heterocycles. The van der Waals surface area contributed by atoms with E-state index < -0.39 is 0 Å². The van der Waals surface area contributed by atoms with E-state index >= 15 is 0 Å². The number of aromatic amines is 1. The van der Waals surface area contributed by atoms with Crippen molar-refractivity contribution in [2.45, 2.75) is 13.8 Å². The Hall–Kier alpha value is -2.41. The second-order valence-electron chi connectivity index (χ2n) is 4.24. The summed E-state index contributed by atoms with van der Waals surface area (Å²) in [6, 6.07) is 6.11. The van der Waals surface area contributed by atoms with Gasteiger partial charge in [-0.05, 0) is 42.7 Å². The van der Waals surface area contributed by atoms with Gasteiger partial charge in [0, 0.05) is 11.8 Å². The molecule has 0 saturated heterocycles. The molecule has 18 heavy (non-hydrogen) atoms. The van der Waals surface area contributed by atoms with Gasteiger partial charge < -0.3 is 15.5 Å². The lowest BCUT2D eigenvalue weighted by Gasteiger charge is -2.10. The van der Waals surface area contributed by atoms with Gasteiger partial charge in [0.15, 0.2) is 0 Å². The first-order chi connectivity index (χ1) is 8.58. The lowest BCUT2D eigenvalue weighted by atomic mass is 9.97. The first-order valence-electron chi connectivity index (χ1n) is 5.61. The number of H-pyrrole nitrogens is 1. The fourth-order valence-electron chi connectivity index (χ4n) is 2.07. The van der Waals surface area contributed by atoms with Gasteiger partial charge in [0.1, 0.15) is 23.2 Å². The highest BCUT2D eigenvalue weighted by Gasteiger charge is 2.14. The van der Waals surface area contributed by atoms with Crippen LogP contribution in [0.2, 0.25) is 0 Å². The summed E-state index contributed by atoms with van der Waals surface area (Å²) < 4.78 is 5.28. The molecule has 0 aliphatic rings. The van der Waals surface area contributed by atoms with E-state index in [1.807, 2.05) is 26.0 Å². The Kier molecular flexibility index (Phi) is 2.99. The number of rotatable bonds is 2. The second-order valence-corrected chi connectivity index (χ2v) is 4.24. The van der Waals surface area contributed by atoms with Crippen LogP contribution < -0.4 is 10.5 Å². The van der Waals surface area contributed by atoms with Gasteiger partial charge in [-0.1, -0.05) is 0 Å². The number of aromatic nitrogens is 1. The largest absolute Gasteiger partial charge is 0.496 e. The zero-order chi connectivity index (χ0) is 13.3. The van der Waals surface area contributed by atoms with Crippen LogP contribution in [0.1, 0.15) is 16.7 Å². The van der Waals surface area contributed by atoms with Crippen LogP contribution in [-0.2, 0) is 0 Å². The fourth-order valence-corrected chi connectivity index (χ4v) is 2.07. The number of benzene rings is 1. The number of hydrogen-bond donors (Lipinski definition) is 2. The van der Waals surface area contributed by atoms with Crippen LogP contribution in [0, 0.1) is 25.2 Å². The summed E-state index contributed by atoms with van der Waals surface area (Å²) in [5, 5.41) is 9.14. The van der Waals surface area contributed by atoms with Crippen molar-refractivity contribution in [1.29, 1.82) is 5.26 Å². The molecule has 0 saturated carbocycles. The van der Waals surface area contributed by atoms with E-state index in [9.17, 15) is 0 Å². The molecule has 1 aromatic heterocycles. The van der Waals surface area contributed by atoms with E-state index in [0.29, 0.717) is 11.4 Å². The summed E-state index contributed by atoms with van der Waals surface area (Å²) >= 11 is 0. The Bertz CT molecular complexity index is 635. The fraction of sp³-hybridized carbons (Fsp3) is 0.214. The number of nitriles is 1. The molecule has 4 heteroatoms. The Labute approximate surface area is 106 Å². The molecule has 0 radical (unpaired) electrons. The number of hydrogen-bond acceptors (Lipinski definition) is 3.